The Labute approximate surface area is 111 Å². The minimum atomic E-state index is 0.194. The van der Waals surface area contributed by atoms with Gasteiger partial charge in [-0.25, -0.2) is 0 Å². The first-order valence-corrected chi connectivity index (χ1v) is 6.96. The third-order valence-corrected chi connectivity index (χ3v) is 4.41. The Kier molecular flexibility index (Phi) is 3.30. The van der Waals surface area contributed by atoms with E-state index in [1.807, 2.05) is 6.20 Å². The number of rotatable bonds is 1. The molecule has 1 aromatic rings. The maximum absolute atomic E-state index is 4.60. The molecule has 0 spiro atoms. The Morgan fingerprint density at radius 1 is 1.33 bits per heavy atom. The first-order valence-electron chi connectivity index (χ1n) is 6.96. The van der Waals surface area contributed by atoms with Crippen LogP contribution < -0.4 is 0 Å². The van der Waals surface area contributed by atoms with Crippen LogP contribution in [0.25, 0.3) is 0 Å². The predicted molar refractivity (Wildman–Crippen MR) is 75.9 cm³/mol. The zero-order valence-electron chi connectivity index (χ0n) is 12.7. The molecule has 102 valence electrons. The quantitative estimate of drug-likeness (QED) is 0.762. The summed E-state index contributed by atoms with van der Waals surface area (Å²) in [5.41, 5.74) is 1.80. The van der Waals surface area contributed by atoms with Crippen molar-refractivity contribution in [1.29, 1.82) is 0 Å². The second-order valence-electron chi connectivity index (χ2n) is 7.34. The van der Waals surface area contributed by atoms with Crippen LogP contribution in [-0.2, 0) is 5.41 Å². The number of aromatic nitrogens is 2. The van der Waals surface area contributed by atoms with E-state index in [0.717, 1.165) is 6.54 Å². The summed E-state index contributed by atoms with van der Waals surface area (Å²) in [4.78, 5) is 2.46. The van der Waals surface area contributed by atoms with E-state index >= 15 is 0 Å². The highest BCUT2D eigenvalue weighted by Crippen LogP contribution is 2.33. The fraction of sp³-hybridized carbons (Fsp3) is 0.800. The molecule has 0 unspecified atom stereocenters. The molecule has 1 aliphatic rings. The van der Waals surface area contributed by atoms with E-state index in [9.17, 15) is 0 Å². The first kappa shape index (κ1) is 13.6. The molecule has 2 heterocycles. The molecule has 1 aromatic heterocycles. The Balaban J connectivity index is 2.16. The van der Waals surface area contributed by atoms with Crippen molar-refractivity contribution < 1.29 is 0 Å². The van der Waals surface area contributed by atoms with Crippen molar-refractivity contribution in [3.8, 4) is 0 Å². The summed E-state index contributed by atoms with van der Waals surface area (Å²) >= 11 is 0. The van der Waals surface area contributed by atoms with Crippen LogP contribution in [-0.4, -0.2) is 33.8 Å². The zero-order chi connectivity index (χ0) is 13.6. The average molecular weight is 249 g/mol. The third-order valence-electron chi connectivity index (χ3n) is 4.41. The monoisotopic (exact) mass is 249 g/mol. The number of hydrogen-bond acceptors (Lipinski definition) is 2. The van der Waals surface area contributed by atoms with Gasteiger partial charge in [-0.3, -0.25) is 4.68 Å². The fourth-order valence-corrected chi connectivity index (χ4v) is 2.63. The molecule has 0 N–H and O–H groups in total. The molecule has 3 heteroatoms. The molecule has 1 atom stereocenters. The minimum absolute atomic E-state index is 0.194. The third kappa shape index (κ3) is 2.61. The van der Waals surface area contributed by atoms with Gasteiger partial charge in [0.1, 0.15) is 0 Å². The lowest BCUT2D eigenvalue weighted by Crippen LogP contribution is -2.47. The second kappa shape index (κ2) is 4.37. The van der Waals surface area contributed by atoms with Crippen LogP contribution in [0.5, 0.6) is 0 Å². The summed E-state index contributed by atoms with van der Waals surface area (Å²) in [5, 5.41) is 4.60. The van der Waals surface area contributed by atoms with Crippen LogP contribution in [0.3, 0.4) is 0 Å². The minimum Gasteiger partial charge on any atom is -0.301 e. The molecule has 0 amide bonds. The summed E-state index contributed by atoms with van der Waals surface area (Å²) in [7, 11) is 2.22. The van der Waals surface area contributed by atoms with Gasteiger partial charge in [0.25, 0.3) is 0 Å². The van der Waals surface area contributed by atoms with Crippen LogP contribution in [0, 0.1) is 0 Å². The highest BCUT2D eigenvalue weighted by molar-refractivity contribution is 5.15. The highest BCUT2D eigenvalue weighted by atomic mass is 15.3. The van der Waals surface area contributed by atoms with Gasteiger partial charge in [-0.2, -0.15) is 5.10 Å². The van der Waals surface area contributed by atoms with E-state index in [4.69, 9.17) is 0 Å². The van der Waals surface area contributed by atoms with E-state index < -0.39 is 0 Å². The number of nitrogens with zero attached hydrogens (tertiary/aromatic N) is 3. The second-order valence-corrected chi connectivity index (χ2v) is 7.34. The molecule has 0 radical (unpaired) electrons. The molecule has 0 saturated carbocycles. The standard InChI is InChI=1S/C15H27N3/c1-14(2,3)12-10-16-18(11-12)13-7-8-17(6)15(4,5)9-13/h10-11,13H,7-9H2,1-6H3/t13-/m0/s1. The Hall–Kier alpha value is -0.830. The first-order chi connectivity index (χ1) is 8.20. The number of piperidine rings is 1. The lowest BCUT2D eigenvalue weighted by molar-refractivity contribution is 0.0718. The summed E-state index contributed by atoms with van der Waals surface area (Å²) < 4.78 is 2.19. The maximum Gasteiger partial charge on any atom is 0.0548 e. The molecule has 1 fully saturated rings. The molecular formula is C15H27N3. The van der Waals surface area contributed by atoms with E-state index in [2.05, 4.69) is 62.5 Å². The van der Waals surface area contributed by atoms with Crippen LogP contribution in [0.1, 0.15) is 59.1 Å². The van der Waals surface area contributed by atoms with Gasteiger partial charge in [0.05, 0.1) is 12.2 Å². The molecule has 0 bridgehead atoms. The summed E-state index contributed by atoms with van der Waals surface area (Å²) in [6.45, 7) is 12.5. The largest absolute Gasteiger partial charge is 0.301 e. The molecule has 2 rings (SSSR count). The van der Waals surface area contributed by atoms with Crippen LogP contribution >= 0.6 is 0 Å². The summed E-state index contributed by atoms with van der Waals surface area (Å²) in [6, 6.07) is 0.548. The summed E-state index contributed by atoms with van der Waals surface area (Å²) in [6.07, 6.45) is 6.65. The van der Waals surface area contributed by atoms with Crippen molar-refractivity contribution >= 4 is 0 Å². The molecule has 0 aliphatic carbocycles. The normalized spacial score (nSPS) is 25.3. The van der Waals surface area contributed by atoms with Crippen molar-refractivity contribution in [2.45, 2.75) is 64.5 Å². The Bertz CT molecular complexity index is 412. The van der Waals surface area contributed by atoms with Crippen molar-refractivity contribution in [2.24, 2.45) is 0 Å². The molecule has 1 saturated heterocycles. The number of hydrogen-bond donors (Lipinski definition) is 0. The van der Waals surface area contributed by atoms with Crippen molar-refractivity contribution in [3.63, 3.8) is 0 Å². The van der Waals surface area contributed by atoms with E-state index in [0.29, 0.717) is 6.04 Å². The molecule has 3 nitrogen and oxygen atoms in total. The topological polar surface area (TPSA) is 21.1 Å². The van der Waals surface area contributed by atoms with Gasteiger partial charge in [-0.05, 0) is 44.7 Å². The Morgan fingerprint density at radius 3 is 2.50 bits per heavy atom. The maximum atomic E-state index is 4.60. The number of likely N-dealkylation sites (tertiary alicyclic amines) is 1. The van der Waals surface area contributed by atoms with Crippen LogP contribution in [0.2, 0.25) is 0 Å². The lowest BCUT2D eigenvalue weighted by Gasteiger charge is -2.43. The van der Waals surface area contributed by atoms with E-state index in [-0.39, 0.29) is 11.0 Å². The zero-order valence-corrected chi connectivity index (χ0v) is 12.7. The van der Waals surface area contributed by atoms with Gasteiger partial charge in [0.15, 0.2) is 0 Å². The van der Waals surface area contributed by atoms with Gasteiger partial charge in [0.2, 0.25) is 0 Å². The van der Waals surface area contributed by atoms with Gasteiger partial charge < -0.3 is 4.90 Å². The summed E-state index contributed by atoms with van der Waals surface area (Å²) in [5.74, 6) is 0. The molecule has 18 heavy (non-hydrogen) atoms. The Morgan fingerprint density at radius 2 is 2.00 bits per heavy atom. The average Bonchev–Trinajstić information content (AvgIpc) is 2.70. The molecule has 0 aromatic carbocycles. The van der Waals surface area contributed by atoms with Gasteiger partial charge in [0, 0.05) is 18.3 Å². The van der Waals surface area contributed by atoms with Crippen LogP contribution in [0.4, 0.5) is 0 Å². The van der Waals surface area contributed by atoms with E-state index in [1.54, 1.807) is 0 Å². The van der Waals surface area contributed by atoms with Gasteiger partial charge in [-0.15, -0.1) is 0 Å². The predicted octanol–water partition coefficient (Wildman–Crippen LogP) is 3.23. The van der Waals surface area contributed by atoms with Crippen molar-refractivity contribution in [2.75, 3.05) is 13.6 Å². The highest BCUT2D eigenvalue weighted by Gasteiger charge is 2.33. The van der Waals surface area contributed by atoms with Crippen molar-refractivity contribution in [3.05, 3.63) is 18.0 Å². The van der Waals surface area contributed by atoms with Crippen LogP contribution in [0.15, 0.2) is 12.4 Å². The SMILES string of the molecule is CN1CC[C@H](n2cc(C(C)(C)C)cn2)CC1(C)C. The smallest absolute Gasteiger partial charge is 0.0548 e. The fourth-order valence-electron chi connectivity index (χ4n) is 2.63. The molecule has 1 aliphatic heterocycles. The van der Waals surface area contributed by atoms with Gasteiger partial charge in [-0.1, -0.05) is 20.8 Å². The molecular weight excluding hydrogens is 222 g/mol. The lowest BCUT2D eigenvalue weighted by atomic mass is 9.87. The van der Waals surface area contributed by atoms with Gasteiger partial charge >= 0.3 is 0 Å². The van der Waals surface area contributed by atoms with Crippen molar-refractivity contribution in [1.82, 2.24) is 14.7 Å². The van der Waals surface area contributed by atoms with E-state index in [1.165, 1.54) is 18.4 Å².